The molecular formula is C24H22FN3O. The lowest BCUT2D eigenvalue weighted by Crippen LogP contribution is -2.30. The summed E-state index contributed by atoms with van der Waals surface area (Å²) in [6.07, 6.45) is 4.43. The molecule has 0 unspecified atom stereocenters. The van der Waals surface area contributed by atoms with Gasteiger partial charge in [-0.3, -0.25) is 9.78 Å². The maximum Gasteiger partial charge on any atom is 0.270 e. The van der Waals surface area contributed by atoms with Gasteiger partial charge in [0.05, 0.1) is 0 Å². The third kappa shape index (κ3) is 4.19. The Labute approximate surface area is 169 Å². The Hall–Kier alpha value is -3.47. The first-order chi connectivity index (χ1) is 14.1. The van der Waals surface area contributed by atoms with Gasteiger partial charge in [0, 0.05) is 36.4 Å². The summed E-state index contributed by atoms with van der Waals surface area (Å²) in [5.41, 5.74) is 4.22. The highest BCUT2D eigenvalue weighted by molar-refractivity contribution is 5.98. The van der Waals surface area contributed by atoms with Crippen LogP contribution in [0.3, 0.4) is 0 Å². The molecule has 0 radical (unpaired) electrons. The molecule has 2 aromatic heterocycles. The van der Waals surface area contributed by atoms with Crippen LogP contribution in [-0.4, -0.2) is 20.8 Å². The second-order valence-electron chi connectivity index (χ2n) is 7.08. The van der Waals surface area contributed by atoms with E-state index in [4.69, 9.17) is 0 Å². The number of H-pyrrole nitrogens is 1. The lowest BCUT2D eigenvalue weighted by atomic mass is 10.1. The van der Waals surface area contributed by atoms with Crippen LogP contribution in [0.25, 0.3) is 10.9 Å². The Morgan fingerprint density at radius 2 is 1.76 bits per heavy atom. The highest BCUT2D eigenvalue weighted by Crippen LogP contribution is 2.21. The predicted octanol–water partition coefficient (Wildman–Crippen LogP) is 5.11. The highest BCUT2D eigenvalue weighted by Gasteiger charge is 2.20. The summed E-state index contributed by atoms with van der Waals surface area (Å²) >= 11 is 0. The van der Waals surface area contributed by atoms with Gasteiger partial charge in [0.25, 0.3) is 5.91 Å². The van der Waals surface area contributed by atoms with Crippen LogP contribution in [0.4, 0.5) is 4.39 Å². The maximum atomic E-state index is 14.1. The molecule has 0 fully saturated rings. The van der Waals surface area contributed by atoms with Gasteiger partial charge in [-0.15, -0.1) is 0 Å². The molecule has 1 amide bonds. The third-order valence-electron chi connectivity index (χ3n) is 5.03. The summed E-state index contributed by atoms with van der Waals surface area (Å²) in [4.78, 5) is 22.3. The third-order valence-corrected chi connectivity index (χ3v) is 5.03. The van der Waals surface area contributed by atoms with Gasteiger partial charge in [-0.25, -0.2) is 4.39 Å². The fourth-order valence-corrected chi connectivity index (χ4v) is 3.42. The number of aryl methyl sites for hydroxylation is 1. The van der Waals surface area contributed by atoms with Gasteiger partial charge in [0.1, 0.15) is 11.5 Å². The molecule has 0 saturated heterocycles. The van der Waals surface area contributed by atoms with Gasteiger partial charge in [-0.2, -0.15) is 0 Å². The minimum Gasteiger partial charge on any atom is -0.350 e. The average Bonchev–Trinajstić information content (AvgIpc) is 3.20. The molecule has 0 bridgehead atoms. The average molecular weight is 387 g/mol. The van der Waals surface area contributed by atoms with Crippen molar-refractivity contribution >= 4 is 16.8 Å². The van der Waals surface area contributed by atoms with Crippen LogP contribution in [0, 0.1) is 5.82 Å². The summed E-state index contributed by atoms with van der Waals surface area (Å²) in [7, 11) is 0. The van der Waals surface area contributed by atoms with Gasteiger partial charge in [0.2, 0.25) is 0 Å². The molecule has 0 aliphatic carbocycles. The van der Waals surface area contributed by atoms with Crippen LogP contribution >= 0.6 is 0 Å². The molecule has 0 aliphatic heterocycles. The molecular weight excluding hydrogens is 365 g/mol. The molecule has 146 valence electrons. The van der Waals surface area contributed by atoms with Crippen molar-refractivity contribution in [3.8, 4) is 0 Å². The summed E-state index contributed by atoms with van der Waals surface area (Å²) in [6, 6.07) is 18.4. The van der Waals surface area contributed by atoms with Crippen LogP contribution < -0.4 is 0 Å². The minimum absolute atomic E-state index is 0.177. The number of nitrogens with zero attached hydrogens (tertiary/aromatic N) is 2. The standard InChI is InChI=1S/C24H22FN3O/c1-2-17-8-10-18(11-9-17)15-28(16-19-5-4-12-26-14-19)24(29)23-13-20-21(25)6-3-7-22(20)27-23/h3-14,27H,2,15-16H2,1H3. The van der Waals surface area contributed by atoms with Crippen molar-refractivity contribution in [2.45, 2.75) is 26.4 Å². The quantitative estimate of drug-likeness (QED) is 0.500. The first-order valence-electron chi connectivity index (χ1n) is 9.67. The fourth-order valence-electron chi connectivity index (χ4n) is 3.42. The fraction of sp³-hybridized carbons (Fsp3) is 0.167. The van der Waals surface area contributed by atoms with Crippen LogP contribution in [0.2, 0.25) is 0 Å². The Morgan fingerprint density at radius 1 is 1.00 bits per heavy atom. The lowest BCUT2D eigenvalue weighted by Gasteiger charge is -2.22. The SMILES string of the molecule is CCc1ccc(CN(Cc2cccnc2)C(=O)c2cc3c(F)cccc3[nH]2)cc1. The van der Waals surface area contributed by atoms with Crippen LogP contribution in [0.15, 0.2) is 73.1 Å². The van der Waals surface area contributed by atoms with E-state index in [-0.39, 0.29) is 11.7 Å². The number of aromatic amines is 1. The monoisotopic (exact) mass is 387 g/mol. The van der Waals surface area contributed by atoms with E-state index in [1.807, 2.05) is 24.3 Å². The van der Waals surface area contributed by atoms with Crippen LogP contribution in [0.5, 0.6) is 0 Å². The van der Waals surface area contributed by atoms with Crippen molar-refractivity contribution in [2.24, 2.45) is 0 Å². The summed E-state index contributed by atoms with van der Waals surface area (Å²) in [6.45, 7) is 2.98. The molecule has 2 heterocycles. The van der Waals surface area contributed by atoms with Gasteiger partial charge < -0.3 is 9.88 Å². The number of amides is 1. The summed E-state index contributed by atoms with van der Waals surface area (Å²) in [5, 5.41) is 0.421. The Balaban J connectivity index is 1.65. The first kappa shape index (κ1) is 18.9. The van der Waals surface area contributed by atoms with E-state index in [0.717, 1.165) is 17.5 Å². The maximum absolute atomic E-state index is 14.1. The molecule has 4 aromatic rings. The van der Waals surface area contributed by atoms with Crippen molar-refractivity contribution < 1.29 is 9.18 Å². The topological polar surface area (TPSA) is 49.0 Å². The molecule has 4 rings (SSSR count). The van der Waals surface area contributed by atoms with Crippen molar-refractivity contribution in [1.82, 2.24) is 14.9 Å². The van der Waals surface area contributed by atoms with Gasteiger partial charge in [-0.05, 0) is 47.4 Å². The largest absolute Gasteiger partial charge is 0.350 e. The Bertz CT molecular complexity index is 1120. The van der Waals surface area contributed by atoms with Crippen molar-refractivity contribution in [2.75, 3.05) is 0 Å². The Morgan fingerprint density at radius 3 is 2.45 bits per heavy atom. The molecule has 0 spiro atoms. The van der Waals surface area contributed by atoms with Crippen molar-refractivity contribution in [3.05, 3.63) is 101 Å². The van der Waals surface area contributed by atoms with E-state index < -0.39 is 0 Å². The van der Waals surface area contributed by atoms with Crippen molar-refractivity contribution in [3.63, 3.8) is 0 Å². The van der Waals surface area contributed by atoms with E-state index in [0.29, 0.717) is 29.7 Å². The number of hydrogen-bond acceptors (Lipinski definition) is 2. The molecule has 5 heteroatoms. The zero-order valence-corrected chi connectivity index (χ0v) is 16.2. The molecule has 1 N–H and O–H groups in total. The number of pyridine rings is 1. The molecule has 29 heavy (non-hydrogen) atoms. The minimum atomic E-state index is -0.341. The van der Waals surface area contributed by atoms with E-state index in [9.17, 15) is 9.18 Å². The van der Waals surface area contributed by atoms with E-state index in [1.165, 1.54) is 11.6 Å². The number of hydrogen-bond donors (Lipinski definition) is 1. The number of benzene rings is 2. The number of rotatable bonds is 6. The second kappa shape index (κ2) is 8.27. The number of halogens is 1. The Kier molecular flexibility index (Phi) is 5.38. The van der Waals surface area contributed by atoms with E-state index in [1.54, 1.807) is 35.5 Å². The molecule has 2 aromatic carbocycles. The van der Waals surface area contributed by atoms with Gasteiger partial charge in [-0.1, -0.05) is 43.3 Å². The highest BCUT2D eigenvalue weighted by atomic mass is 19.1. The van der Waals surface area contributed by atoms with E-state index in [2.05, 4.69) is 29.0 Å². The number of carbonyl (C=O) groups is 1. The predicted molar refractivity (Wildman–Crippen MR) is 112 cm³/mol. The van der Waals surface area contributed by atoms with E-state index >= 15 is 0 Å². The zero-order valence-electron chi connectivity index (χ0n) is 16.2. The van der Waals surface area contributed by atoms with Gasteiger partial charge >= 0.3 is 0 Å². The number of nitrogens with one attached hydrogen (secondary N) is 1. The second-order valence-corrected chi connectivity index (χ2v) is 7.08. The summed E-state index contributed by atoms with van der Waals surface area (Å²) < 4.78 is 14.1. The van der Waals surface area contributed by atoms with Gasteiger partial charge in [0.15, 0.2) is 0 Å². The van der Waals surface area contributed by atoms with Crippen LogP contribution in [-0.2, 0) is 19.5 Å². The molecule has 0 saturated carbocycles. The van der Waals surface area contributed by atoms with Crippen LogP contribution in [0.1, 0.15) is 34.1 Å². The zero-order chi connectivity index (χ0) is 20.2. The first-order valence-corrected chi connectivity index (χ1v) is 9.67. The number of carbonyl (C=O) groups excluding carboxylic acids is 1. The number of aromatic nitrogens is 2. The lowest BCUT2D eigenvalue weighted by molar-refractivity contribution is 0.0725. The molecule has 0 aliphatic rings. The summed E-state index contributed by atoms with van der Waals surface area (Å²) in [5.74, 6) is -0.518. The molecule has 0 atom stereocenters. The smallest absolute Gasteiger partial charge is 0.270 e. The van der Waals surface area contributed by atoms with Crippen molar-refractivity contribution in [1.29, 1.82) is 0 Å². The molecule has 4 nitrogen and oxygen atoms in total. The normalized spacial score (nSPS) is 11.0. The number of fused-ring (bicyclic) bond motifs is 1.